The summed E-state index contributed by atoms with van der Waals surface area (Å²) in [5.74, 6) is 1.92. The molecule has 4 aliphatic carbocycles. The van der Waals surface area contributed by atoms with Crippen LogP contribution in [-0.2, 0) is 23.7 Å². The molecule has 0 saturated heterocycles. The highest BCUT2D eigenvalue weighted by Gasteiger charge is 2.43. The van der Waals surface area contributed by atoms with E-state index in [0.717, 1.165) is 44.1 Å². The summed E-state index contributed by atoms with van der Waals surface area (Å²) in [6, 6.07) is 36.1. The van der Waals surface area contributed by atoms with Gasteiger partial charge in [0.1, 0.15) is 0 Å². The molecule has 64 heavy (non-hydrogen) atoms. The first-order valence-electron chi connectivity index (χ1n) is 25.3. The molecule has 1 unspecified atom stereocenters. The molecule has 0 nitrogen and oxygen atoms in total. The maximum Gasteiger partial charge on any atom is 0.0425 e. The van der Waals surface area contributed by atoms with E-state index < -0.39 is 0 Å². The molecular weight excluding hydrogens is 769 g/mol. The van der Waals surface area contributed by atoms with Gasteiger partial charge < -0.3 is 0 Å². The van der Waals surface area contributed by atoms with E-state index in [4.69, 9.17) is 0 Å². The van der Waals surface area contributed by atoms with E-state index >= 15 is 0 Å². The first kappa shape index (κ1) is 44.3. The van der Waals surface area contributed by atoms with Gasteiger partial charge in [-0.15, -0.1) is 0 Å². The summed E-state index contributed by atoms with van der Waals surface area (Å²) >= 11 is 0. The van der Waals surface area contributed by atoms with Crippen LogP contribution < -0.4 is 0 Å². The first-order chi connectivity index (χ1) is 31.0. The smallest absolute Gasteiger partial charge is 0.0425 e. The summed E-state index contributed by atoms with van der Waals surface area (Å²) in [4.78, 5) is 0. The van der Waals surface area contributed by atoms with E-state index in [-0.39, 0.29) is 10.8 Å². The number of benzene rings is 5. The van der Waals surface area contributed by atoms with Crippen LogP contribution in [0.5, 0.6) is 0 Å². The molecule has 4 aliphatic rings. The highest BCUT2D eigenvalue weighted by Crippen LogP contribution is 2.57. The molecule has 0 spiro atoms. The standard InChI is InChI=1S/C64H74/c1-9-47-40-57-58(41-56(47)51-22-12-10-13-23-51)61-55-26-18-19-27-60(55)63(7,8)62(61)54-38-39-64(42-59(54)57,52-24-14-11-15-25-52)53-36-34-50(35-37-53)49-32-30-48(31-33-49)46(6)29-28-44(4)20-16-17-21-45(5)43(2)3/h11,14-15,18-19,24-27,34-41,48-49,51H,2,4-6,9-10,12-13,16-17,20-23,28-33,42H2,1,3,7-8H3. The van der Waals surface area contributed by atoms with E-state index in [0.29, 0.717) is 17.8 Å². The average molecular weight is 843 g/mol. The van der Waals surface area contributed by atoms with Gasteiger partial charge in [0.05, 0.1) is 0 Å². The minimum absolute atomic E-state index is 0.0849. The quantitative estimate of drug-likeness (QED) is 0.0560. The van der Waals surface area contributed by atoms with Crippen molar-refractivity contribution in [3.63, 3.8) is 0 Å². The molecule has 0 radical (unpaired) electrons. The third kappa shape index (κ3) is 8.29. The monoisotopic (exact) mass is 843 g/mol. The molecule has 5 aromatic carbocycles. The summed E-state index contributed by atoms with van der Waals surface area (Å²) in [5.41, 5.74) is 21.2. The van der Waals surface area contributed by atoms with Crippen LogP contribution in [0, 0.1) is 5.92 Å². The number of rotatable bonds is 15. The molecule has 5 aromatic rings. The van der Waals surface area contributed by atoms with Gasteiger partial charge in [-0.1, -0.05) is 186 Å². The molecule has 2 fully saturated rings. The van der Waals surface area contributed by atoms with Crippen LogP contribution in [0.1, 0.15) is 186 Å². The Hall–Kier alpha value is -4.94. The minimum Gasteiger partial charge on any atom is -0.0999 e. The predicted octanol–water partition coefficient (Wildman–Crippen LogP) is 18.2. The Labute approximate surface area is 387 Å². The fourth-order valence-electron chi connectivity index (χ4n) is 12.8. The van der Waals surface area contributed by atoms with Gasteiger partial charge in [0, 0.05) is 10.8 Å². The highest BCUT2D eigenvalue weighted by atomic mass is 14.5. The minimum atomic E-state index is -0.267. The lowest BCUT2D eigenvalue weighted by Crippen LogP contribution is -2.31. The largest absolute Gasteiger partial charge is 0.0999 e. The summed E-state index contributed by atoms with van der Waals surface area (Å²) in [6.07, 6.45) is 25.6. The van der Waals surface area contributed by atoms with Gasteiger partial charge in [0.15, 0.2) is 0 Å². The average Bonchev–Trinajstić information content (AvgIpc) is 3.58. The van der Waals surface area contributed by atoms with Crippen molar-refractivity contribution in [1.29, 1.82) is 0 Å². The number of hydrogen-bond donors (Lipinski definition) is 0. The van der Waals surface area contributed by atoms with Crippen LogP contribution in [0.2, 0.25) is 0 Å². The Bertz CT molecular complexity index is 2590. The molecule has 0 heteroatoms. The number of allylic oxidation sites excluding steroid dienone is 5. The van der Waals surface area contributed by atoms with Gasteiger partial charge in [0.2, 0.25) is 0 Å². The van der Waals surface area contributed by atoms with Gasteiger partial charge in [-0.25, -0.2) is 0 Å². The van der Waals surface area contributed by atoms with Crippen LogP contribution in [0.15, 0.2) is 146 Å². The number of unbranched alkanes of at least 4 members (excludes halogenated alkanes) is 1. The molecular formula is C64H74. The zero-order valence-corrected chi connectivity index (χ0v) is 39.9. The molecule has 1 atom stereocenters. The predicted molar refractivity (Wildman–Crippen MR) is 278 cm³/mol. The zero-order chi connectivity index (χ0) is 44.6. The van der Waals surface area contributed by atoms with Gasteiger partial charge in [-0.2, -0.15) is 0 Å². The summed E-state index contributed by atoms with van der Waals surface area (Å²) in [5, 5.41) is 2.96. The number of hydrogen-bond acceptors (Lipinski definition) is 0. The van der Waals surface area contributed by atoms with Crippen LogP contribution in [0.4, 0.5) is 0 Å². The zero-order valence-electron chi connectivity index (χ0n) is 39.9. The van der Waals surface area contributed by atoms with Gasteiger partial charge in [-0.05, 0) is 193 Å². The Kier molecular flexibility index (Phi) is 12.8. The van der Waals surface area contributed by atoms with Crippen LogP contribution in [0.25, 0.3) is 28.0 Å². The lowest BCUT2D eigenvalue weighted by atomic mass is 9.64. The summed E-state index contributed by atoms with van der Waals surface area (Å²) in [7, 11) is 0. The molecule has 0 aromatic heterocycles. The maximum absolute atomic E-state index is 4.63. The topological polar surface area (TPSA) is 0 Å². The van der Waals surface area contributed by atoms with Crippen molar-refractivity contribution in [3.8, 4) is 11.1 Å². The van der Waals surface area contributed by atoms with Crippen molar-refractivity contribution in [1.82, 2.24) is 0 Å². The fourth-order valence-corrected chi connectivity index (χ4v) is 12.8. The fraction of sp³-hybridized carbons (Fsp3) is 0.406. The van der Waals surface area contributed by atoms with Crippen LogP contribution in [-0.4, -0.2) is 0 Å². The molecule has 0 bridgehead atoms. The normalized spacial score (nSPS) is 21.2. The Morgan fingerprint density at radius 2 is 1.36 bits per heavy atom. The van der Waals surface area contributed by atoms with Crippen molar-refractivity contribution < 1.29 is 0 Å². The molecule has 0 aliphatic heterocycles. The molecule has 330 valence electrons. The maximum atomic E-state index is 4.63. The van der Waals surface area contributed by atoms with E-state index in [2.05, 4.69) is 157 Å². The van der Waals surface area contributed by atoms with Gasteiger partial charge in [-0.3, -0.25) is 0 Å². The molecule has 0 N–H and O–H groups in total. The van der Waals surface area contributed by atoms with E-state index in [9.17, 15) is 0 Å². The van der Waals surface area contributed by atoms with Crippen molar-refractivity contribution in [2.75, 3.05) is 0 Å². The van der Waals surface area contributed by atoms with Crippen LogP contribution >= 0.6 is 0 Å². The van der Waals surface area contributed by atoms with E-state index in [1.165, 1.54) is 148 Å². The third-order valence-electron chi connectivity index (χ3n) is 16.8. The van der Waals surface area contributed by atoms with Crippen molar-refractivity contribution in [2.24, 2.45) is 5.92 Å². The van der Waals surface area contributed by atoms with Crippen molar-refractivity contribution in [3.05, 3.63) is 196 Å². The Balaban J connectivity index is 0.992. The Morgan fingerprint density at radius 1 is 0.672 bits per heavy atom. The number of aryl methyl sites for hydroxylation is 1. The summed E-state index contributed by atoms with van der Waals surface area (Å²) < 4.78 is 0. The second-order valence-electron chi connectivity index (χ2n) is 21.1. The van der Waals surface area contributed by atoms with E-state index in [1.54, 1.807) is 11.1 Å². The van der Waals surface area contributed by atoms with Crippen LogP contribution in [0.3, 0.4) is 0 Å². The van der Waals surface area contributed by atoms with Crippen molar-refractivity contribution in [2.45, 2.75) is 160 Å². The molecule has 2 saturated carbocycles. The summed E-state index contributed by atoms with van der Waals surface area (Å²) in [6.45, 7) is 26.6. The molecule has 0 heterocycles. The lowest BCUT2D eigenvalue weighted by Gasteiger charge is -2.38. The lowest BCUT2D eigenvalue weighted by molar-refractivity contribution is 0.357. The third-order valence-corrected chi connectivity index (χ3v) is 16.8. The Morgan fingerprint density at radius 3 is 2.08 bits per heavy atom. The van der Waals surface area contributed by atoms with Crippen molar-refractivity contribution >= 4 is 16.8 Å². The van der Waals surface area contributed by atoms with Gasteiger partial charge >= 0.3 is 0 Å². The second-order valence-corrected chi connectivity index (χ2v) is 21.1. The molecule has 9 rings (SSSR count). The SMILES string of the molecule is C=C(CCCCC(=C)C(=C)C)CCC(=C)C1CCC(c2ccc(C3(c4ccccc4)C=Cc4c5c(c6cc(C7CCCCC7)c(CC)cc6c4C3)-c3ccccc3C5(C)C)cc2)CC1. The first-order valence-corrected chi connectivity index (χ1v) is 25.3. The molecule has 0 amide bonds. The number of fused-ring (bicyclic) bond motifs is 8. The van der Waals surface area contributed by atoms with E-state index in [1.807, 2.05) is 0 Å². The van der Waals surface area contributed by atoms with Gasteiger partial charge in [0.25, 0.3) is 0 Å². The second kappa shape index (κ2) is 18.5. The highest BCUT2D eigenvalue weighted by molar-refractivity contribution is 6.07.